The Morgan fingerprint density at radius 2 is 1.70 bits per heavy atom. The Kier molecular flexibility index (Phi) is 6.03. The zero-order valence-electron chi connectivity index (χ0n) is 15.3. The van der Waals surface area contributed by atoms with Crippen LogP contribution in [0.2, 0.25) is 0 Å². The minimum Gasteiger partial charge on any atom is -0.474 e. The van der Waals surface area contributed by atoms with Gasteiger partial charge < -0.3 is 9.64 Å². The SMILES string of the molecule is CC(Oc1ccccc1[N+](=O)[O-])C(=O)N1CCN(Cc2ccccc2)CC1. The van der Waals surface area contributed by atoms with Gasteiger partial charge in [-0.1, -0.05) is 42.5 Å². The first-order valence-corrected chi connectivity index (χ1v) is 9.00. The molecule has 142 valence electrons. The van der Waals surface area contributed by atoms with Crippen molar-refractivity contribution in [2.75, 3.05) is 26.2 Å². The van der Waals surface area contributed by atoms with Crippen molar-refractivity contribution < 1.29 is 14.5 Å². The normalized spacial score (nSPS) is 16.0. The molecule has 1 amide bonds. The number of carbonyl (C=O) groups excluding carboxylic acids is 1. The van der Waals surface area contributed by atoms with E-state index in [-0.39, 0.29) is 17.3 Å². The van der Waals surface area contributed by atoms with Crippen LogP contribution >= 0.6 is 0 Å². The molecular formula is C20H23N3O4. The molecule has 0 N–H and O–H groups in total. The Hall–Kier alpha value is -2.93. The van der Waals surface area contributed by atoms with E-state index in [0.29, 0.717) is 13.1 Å². The van der Waals surface area contributed by atoms with Crippen LogP contribution < -0.4 is 4.74 Å². The lowest BCUT2D eigenvalue weighted by Gasteiger charge is -2.35. The first-order chi connectivity index (χ1) is 13.0. The van der Waals surface area contributed by atoms with Crippen LogP contribution in [0.3, 0.4) is 0 Å². The third-order valence-electron chi connectivity index (χ3n) is 4.65. The third-order valence-corrected chi connectivity index (χ3v) is 4.65. The van der Waals surface area contributed by atoms with Crippen LogP contribution in [0.4, 0.5) is 5.69 Å². The highest BCUT2D eigenvalue weighted by Crippen LogP contribution is 2.27. The molecule has 3 rings (SSSR count). The molecule has 1 heterocycles. The molecule has 1 unspecified atom stereocenters. The van der Waals surface area contributed by atoms with Crippen LogP contribution in [-0.4, -0.2) is 52.9 Å². The predicted octanol–water partition coefficient (Wildman–Crippen LogP) is 2.71. The van der Waals surface area contributed by atoms with Crippen molar-refractivity contribution in [3.8, 4) is 5.75 Å². The topological polar surface area (TPSA) is 75.9 Å². The fourth-order valence-electron chi connectivity index (χ4n) is 3.17. The lowest BCUT2D eigenvalue weighted by molar-refractivity contribution is -0.386. The summed E-state index contributed by atoms with van der Waals surface area (Å²) < 4.78 is 5.60. The van der Waals surface area contributed by atoms with Crippen LogP contribution in [0.25, 0.3) is 0 Å². The fourth-order valence-corrected chi connectivity index (χ4v) is 3.17. The second kappa shape index (κ2) is 8.64. The molecule has 0 saturated carbocycles. The summed E-state index contributed by atoms with van der Waals surface area (Å²) in [6.45, 7) is 5.32. The van der Waals surface area contributed by atoms with E-state index in [2.05, 4.69) is 17.0 Å². The molecule has 1 aliphatic heterocycles. The van der Waals surface area contributed by atoms with Crippen LogP contribution in [0.5, 0.6) is 5.75 Å². The number of ether oxygens (including phenoxy) is 1. The van der Waals surface area contributed by atoms with Gasteiger partial charge in [-0.15, -0.1) is 0 Å². The molecule has 7 nitrogen and oxygen atoms in total. The number of hydrogen-bond donors (Lipinski definition) is 0. The van der Waals surface area contributed by atoms with Gasteiger partial charge in [-0.05, 0) is 18.6 Å². The van der Waals surface area contributed by atoms with Crippen LogP contribution in [0.15, 0.2) is 54.6 Å². The van der Waals surface area contributed by atoms with Crippen molar-refractivity contribution in [2.45, 2.75) is 19.6 Å². The lowest BCUT2D eigenvalue weighted by atomic mass is 10.2. The second-order valence-electron chi connectivity index (χ2n) is 6.57. The summed E-state index contributed by atoms with van der Waals surface area (Å²) in [6.07, 6.45) is -0.772. The van der Waals surface area contributed by atoms with E-state index in [9.17, 15) is 14.9 Å². The first-order valence-electron chi connectivity index (χ1n) is 9.00. The maximum Gasteiger partial charge on any atom is 0.310 e. The van der Waals surface area contributed by atoms with Gasteiger partial charge in [0.15, 0.2) is 11.9 Å². The summed E-state index contributed by atoms with van der Waals surface area (Å²) in [4.78, 5) is 27.3. The van der Waals surface area contributed by atoms with Gasteiger partial charge in [0.1, 0.15) is 0 Å². The van der Waals surface area contributed by atoms with E-state index in [1.807, 2.05) is 18.2 Å². The molecule has 2 aromatic carbocycles. The van der Waals surface area contributed by atoms with Gasteiger partial charge >= 0.3 is 5.69 Å². The molecule has 7 heteroatoms. The lowest BCUT2D eigenvalue weighted by Crippen LogP contribution is -2.51. The number of nitro groups is 1. The number of nitrogens with zero attached hydrogens (tertiary/aromatic N) is 3. The standard InChI is InChI=1S/C20H23N3O4/c1-16(27-19-10-6-5-9-18(19)23(25)26)20(24)22-13-11-21(12-14-22)15-17-7-3-2-4-8-17/h2-10,16H,11-15H2,1H3. The number of rotatable bonds is 6. The van der Waals surface area contributed by atoms with E-state index in [0.717, 1.165) is 19.6 Å². The van der Waals surface area contributed by atoms with Crippen molar-refractivity contribution in [1.29, 1.82) is 0 Å². The number of nitro benzene ring substituents is 1. The van der Waals surface area contributed by atoms with Gasteiger partial charge in [-0.25, -0.2) is 0 Å². The van der Waals surface area contributed by atoms with Crippen molar-refractivity contribution in [3.05, 3.63) is 70.3 Å². The number of amides is 1. The fraction of sp³-hybridized carbons (Fsp3) is 0.350. The summed E-state index contributed by atoms with van der Waals surface area (Å²) >= 11 is 0. The highest BCUT2D eigenvalue weighted by molar-refractivity contribution is 5.81. The summed E-state index contributed by atoms with van der Waals surface area (Å²) in [5.74, 6) is -0.0291. The Balaban J connectivity index is 1.54. The third kappa shape index (κ3) is 4.83. The summed E-state index contributed by atoms with van der Waals surface area (Å²) in [5, 5.41) is 11.1. The van der Waals surface area contributed by atoms with E-state index >= 15 is 0 Å². The van der Waals surface area contributed by atoms with E-state index in [1.54, 1.807) is 24.0 Å². The second-order valence-corrected chi connectivity index (χ2v) is 6.57. The molecule has 0 aliphatic carbocycles. The molecule has 0 radical (unpaired) electrons. The average Bonchev–Trinajstić information content (AvgIpc) is 2.69. The minimum absolute atomic E-state index is 0.117. The van der Waals surface area contributed by atoms with Gasteiger partial charge in [0, 0.05) is 38.8 Å². The van der Waals surface area contributed by atoms with E-state index in [1.165, 1.54) is 17.7 Å². The Morgan fingerprint density at radius 1 is 1.07 bits per heavy atom. The van der Waals surface area contributed by atoms with Crippen LogP contribution in [-0.2, 0) is 11.3 Å². The predicted molar refractivity (Wildman–Crippen MR) is 101 cm³/mol. The van der Waals surface area contributed by atoms with Crippen molar-refractivity contribution in [1.82, 2.24) is 9.80 Å². The number of hydrogen-bond acceptors (Lipinski definition) is 5. The smallest absolute Gasteiger partial charge is 0.310 e. The van der Waals surface area contributed by atoms with Gasteiger partial charge in [0.2, 0.25) is 0 Å². The zero-order chi connectivity index (χ0) is 19.2. The van der Waals surface area contributed by atoms with E-state index < -0.39 is 11.0 Å². The first kappa shape index (κ1) is 18.8. The minimum atomic E-state index is -0.772. The molecule has 0 spiro atoms. The average molecular weight is 369 g/mol. The highest BCUT2D eigenvalue weighted by Gasteiger charge is 2.27. The summed E-state index contributed by atoms with van der Waals surface area (Å²) in [5.41, 5.74) is 1.12. The summed E-state index contributed by atoms with van der Waals surface area (Å²) in [7, 11) is 0. The zero-order valence-corrected chi connectivity index (χ0v) is 15.3. The Labute approximate surface area is 158 Å². The maximum atomic E-state index is 12.7. The van der Waals surface area contributed by atoms with Crippen LogP contribution in [0, 0.1) is 10.1 Å². The largest absolute Gasteiger partial charge is 0.474 e. The van der Waals surface area contributed by atoms with E-state index in [4.69, 9.17) is 4.74 Å². The van der Waals surface area contributed by atoms with Crippen molar-refractivity contribution in [2.24, 2.45) is 0 Å². The molecular weight excluding hydrogens is 346 g/mol. The summed E-state index contributed by atoms with van der Waals surface area (Å²) in [6, 6.07) is 16.4. The van der Waals surface area contributed by atoms with Gasteiger partial charge in [0.25, 0.3) is 5.91 Å². The van der Waals surface area contributed by atoms with Crippen molar-refractivity contribution >= 4 is 11.6 Å². The Bertz CT molecular complexity index is 789. The molecule has 1 atom stereocenters. The molecule has 1 saturated heterocycles. The van der Waals surface area contributed by atoms with Gasteiger partial charge in [-0.2, -0.15) is 0 Å². The monoisotopic (exact) mass is 369 g/mol. The molecule has 0 aromatic heterocycles. The molecule has 1 fully saturated rings. The number of benzene rings is 2. The highest BCUT2D eigenvalue weighted by atomic mass is 16.6. The number of para-hydroxylation sites is 2. The van der Waals surface area contributed by atoms with Gasteiger partial charge in [0.05, 0.1) is 4.92 Å². The molecule has 0 bridgehead atoms. The van der Waals surface area contributed by atoms with Gasteiger partial charge in [-0.3, -0.25) is 19.8 Å². The molecule has 1 aliphatic rings. The van der Waals surface area contributed by atoms with Crippen molar-refractivity contribution in [3.63, 3.8) is 0 Å². The molecule has 2 aromatic rings. The molecule has 27 heavy (non-hydrogen) atoms. The maximum absolute atomic E-state index is 12.7. The number of carbonyl (C=O) groups is 1. The number of piperazine rings is 1. The Morgan fingerprint density at radius 3 is 2.37 bits per heavy atom. The van der Waals surface area contributed by atoms with Crippen LogP contribution in [0.1, 0.15) is 12.5 Å². The quantitative estimate of drug-likeness (QED) is 0.578.